The van der Waals surface area contributed by atoms with Gasteiger partial charge in [-0.3, -0.25) is 0 Å². The van der Waals surface area contributed by atoms with Gasteiger partial charge in [0.05, 0.1) is 12.7 Å². The molecule has 17 heavy (non-hydrogen) atoms. The van der Waals surface area contributed by atoms with Gasteiger partial charge in [-0.15, -0.1) is 0 Å². The fourth-order valence-corrected chi connectivity index (χ4v) is 1.53. The van der Waals surface area contributed by atoms with Gasteiger partial charge in [-0.2, -0.15) is 0 Å². The number of phenolic OH excluding ortho intramolecular Hbond substituents is 2. The van der Waals surface area contributed by atoms with Gasteiger partial charge in [-0.05, 0) is 30.0 Å². The molecule has 1 aromatic rings. The highest BCUT2D eigenvalue weighted by atomic mass is 16.5. The predicted molar refractivity (Wildman–Crippen MR) is 65.4 cm³/mol. The SMILES string of the molecule is CCCOc1c(O)cc(C(O)C(C)C)cc1O. The van der Waals surface area contributed by atoms with Crippen LogP contribution in [0.5, 0.6) is 17.2 Å². The van der Waals surface area contributed by atoms with Crippen molar-refractivity contribution >= 4 is 0 Å². The number of aromatic hydroxyl groups is 2. The lowest BCUT2D eigenvalue weighted by atomic mass is 9.98. The van der Waals surface area contributed by atoms with E-state index in [1.807, 2.05) is 20.8 Å². The van der Waals surface area contributed by atoms with Crippen LogP contribution in [-0.4, -0.2) is 21.9 Å². The summed E-state index contributed by atoms with van der Waals surface area (Å²) in [7, 11) is 0. The molecule has 0 aliphatic heterocycles. The molecular weight excluding hydrogens is 220 g/mol. The topological polar surface area (TPSA) is 69.9 Å². The molecule has 4 nitrogen and oxygen atoms in total. The molecule has 0 aliphatic carbocycles. The first-order valence-electron chi connectivity index (χ1n) is 5.84. The molecule has 1 atom stereocenters. The van der Waals surface area contributed by atoms with E-state index in [-0.39, 0.29) is 23.2 Å². The Labute approximate surface area is 101 Å². The fraction of sp³-hybridized carbons (Fsp3) is 0.538. The van der Waals surface area contributed by atoms with E-state index in [2.05, 4.69) is 0 Å². The molecule has 0 aromatic heterocycles. The van der Waals surface area contributed by atoms with Gasteiger partial charge in [-0.25, -0.2) is 0 Å². The monoisotopic (exact) mass is 240 g/mol. The van der Waals surface area contributed by atoms with Gasteiger partial charge < -0.3 is 20.1 Å². The number of hydrogen-bond acceptors (Lipinski definition) is 4. The minimum Gasteiger partial charge on any atom is -0.504 e. The van der Waals surface area contributed by atoms with Gasteiger partial charge in [-0.1, -0.05) is 20.8 Å². The van der Waals surface area contributed by atoms with Crippen LogP contribution in [-0.2, 0) is 0 Å². The van der Waals surface area contributed by atoms with Crippen LogP contribution in [0, 0.1) is 5.92 Å². The number of phenols is 2. The Bertz CT molecular complexity index is 351. The molecule has 3 N–H and O–H groups in total. The summed E-state index contributed by atoms with van der Waals surface area (Å²) in [4.78, 5) is 0. The Morgan fingerprint density at radius 2 is 1.71 bits per heavy atom. The Morgan fingerprint density at radius 3 is 2.12 bits per heavy atom. The third kappa shape index (κ3) is 3.27. The fourth-order valence-electron chi connectivity index (χ4n) is 1.53. The second-order valence-electron chi connectivity index (χ2n) is 4.43. The van der Waals surface area contributed by atoms with Crippen molar-refractivity contribution in [1.29, 1.82) is 0 Å². The Kier molecular flexibility index (Phi) is 4.63. The summed E-state index contributed by atoms with van der Waals surface area (Å²) in [6.45, 7) is 6.08. The normalized spacial score (nSPS) is 12.8. The van der Waals surface area contributed by atoms with Crippen molar-refractivity contribution in [3.63, 3.8) is 0 Å². The maximum atomic E-state index is 9.85. The summed E-state index contributed by atoms with van der Waals surface area (Å²) in [6.07, 6.45) is 0.0712. The van der Waals surface area contributed by atoms with Gasteiger partial charge in [0.1, 0.15) is 0 Å². The molecule has 0 bridgehead atoms. The highest BCUT2D eigenvalue weighted by Gasteiger charge is 2.17. The summed E-state index contributed by atoms with van der Waals surface area (Å²) < 4.78 is 5.23. The van der Waals surface area contributed by atoms with Crippen LogP contribution < -0.4 is 4.74 Å². The number of aliphatic hydroxyl groups is 1. The third-order valence-corrected chi connectivity index (χ3v) is 2.50. The number of ether oxygens (including phenoxy) is 1. The minimum atomic E-state index is -0.716. The molecule has 0 amide bonds. The Morgan fingerprint density at radius 1 is 1.18 bits per heavy atom. The number of benzene rings is 1. The quantitative estimate of drug-likeness (QED) is 0.739. The smallest absolute Gasteiger partial charge is 0.203 e. The van der Waals surface area contributed by atoms with Crippen LogP contribution >= 0.6 is 0 Å². The summed E-state index contributed by atoms with van der Waals surface area (Å²) in [5.41, 5.74) is 0.485. The van der Waals surface area contributed by atoms with E-state index in [1.165, 1.54) is 12.1 Å². The molecule has 0 heterocycles. The van der Waals surface area contributed by atoms with Gasteiger partial charge in [0.15, 0.2) is 11.5 Å². The summed E-state index contributed by atoms with van der Waals surface area (Å²) in [5, 5.41) is 29.3. The zero-order valence-electron chi connectivity index (χ0n) is 10.5. The first-order chi connectivity index (χ1) is 7.97. The molecular formula is C13H20O4. The third-order valence-electron chi connectivity index (χ3n) is 2.50. The number of aliphatic hydroxyl groups excluding tert-OH is 1. The van der Waals surface area contributed by atoms with Crippen molar-refractivity contribution in [2.24, 2.45) is 5.92 Å². The molecule has 0 fully saturated rings. The molecule has 0 aliphatic rings. The maximum Gasteiger partial charge on any atom is 0.203 e. The van der Waals surface area contributed by atoms with Crippen LogP contribution in [0.3, 0.4) is 0 Å². The Balaban J connectivity index is 3.00. The minimum absolute atomic E-state index is 0.0104. The van der Waals surface area contributed by atoms with Gasteiger partial charge in [0.2, 0.25) is 5.75 Å². The molecule has 0 radical (unpaired) electrons. The zero-order chi connectivity index (χ0) is 13.0. The van der Waals surface area contributed by atoms with Crippen molar-refractivity contribution < 1.29 is 20.1 Å². The van der Waals surface area contributed by atoms with Gasteiger partial charge >= 0.3 is 0 Å². The van der Waals surface area contributed by atoms with Crippen LogP contribution in [0.2, 0.25) is 0 Å². The van der Waals surface area contributed by atoms with Crippen LogP contribution in [0.1, 0.15) is 38.9 Å². The number of rotatable bonds is 5. The van der Waals surface area contributed by atoms with E-state index >= 15 is 0 Å². The van der Waals surface area contributed by atoms with Crippen LogP contribution in [0.4, 0.5) is 0 Å². The van der Waals surface area contributed by atoms with Gasteiger partial charge in [0.25, 0.3) is 0 Å². The number of hydrogen-bond donors (Lipinski definition) is 3. The molecule has 1 aromatic carbocycles. The summed E-state index contributed by atoms with van der Waals surface area (Å²) >= 11 is 0. The van der Waals surface area contributed by atoms with E-state index < -0.39 is 6.10 Å². The highest BCUT2D eigenvalue weighted by Crippen LogP contribution is 2.39. The molecule has 4 heteroatoms. The van der Waals surface area contributed by atoms with Crippen molar-refractivity contribution in [2.45, 2.75) is 33.3 Å². The van der Waals surface area contributed by atoms with Gasteiger partial charge in [0, 0.05) is 0 Å². The maximum absolute atomic E-state index is 9.85. The lowest BCUT2D eigenvalue weighted by Crippen LogP contribution is -2.05. The first kappa shape index (κ1) is 13.6. The van der Waals surface area contributed by atoms with Crippen molar-refractivity contribution in [1.82, 2.24) is 0 Å². The van der Waals surface area contributed by atoms with E-state index in [0.717, 1.165) is 6.42 Å². The predicted octanol–water partition coefficient (Wildman–Crippen LogP) is 2.58. The second kappa shape index (κ2) is 5.77. The van der Waals surface area contributed by atoms with Crippen LogP contribution in [0.15, 0.2) is 12.1 Å². The van der Waals surface area contributed by atoms with E-state index in [4.69, 9.17) is 4.74 Å². The molecule has 0 saturated heterocycles. The lowest BCUT2D eigenvalue weighted by molar-refractivity contribution is 0.126. The zero-order valence-corrected chi connectivity index (χ0v) is 10.5. The average Bonchev–Trinajstić information content (AvgIpc) is 2.26. The molecule has 0 saturated carbocycles. The molecule has 0 spiro atoms. The molecule has 1 unspecified atom stereocenters. The second-order valence-corrected chi connectivity index (χ2v) is 4.43. The average molecular weight is 240 g/mol. The molecule has 96 valence electrons. The van der Waals surface area contributed by atoms with E-state index in [1.54, 1.807) is 0 Å². The van der Waals surface area contributed by atoms with Crippen LogP contribution in [0.25, 0.3) is 0 Å². The largest absolute Gasteiger partial charge is 0.504 e. The van der Waals surface area contributed by atoms with E-state index in [9.17, 15) is 15.3 Å². The van der Waals surface area contributed by atoms with Crippen molar-refractivity contribution in [2.75, 3.05) is 6.61 Å². The van der Waals surface area contributed by atoms with Crippen molar-refractivity contribution in [3.05, 3.63) is 17.7 Å². The highest BCUT2D eigenvalue weighted by molar-refractivity contribution is 5.52. The Hall–Kier alpha value is -1.42. The standard InChI is InChI=1S/C13H20O4/c1-4-5-17-13-10(14)6-9(7-11(13)15)12(16)8(2)3/h6-8,12,14-16H,4-5H2,1-3H3. The first-order valence-corrected chi connectivity index (χ1v) is 5.84. The van der Waals surface area contributed by atoms with E-state index in [0.29, 0.717) is 12.2 Å². The summed E-state index contributed by atoms with van der Waals surface area (Å²) in [5.74, 6) is -0.205. The lowest BCUT2D eigenvalue weighted by Gasteiger charge is -2.17. The summed E-state index contributed by atoms with van der Waals surface area (Å²) in [6, 6.07) is 2.85. The molecule has 1 rings (SSSR count). The van der Waals surface area contributed by atoms with Crippen molar-refractivity contribution in [3.8, 4) is 17.2 Å².